The highest BCUT2D eigenvalue weighted by molar-refractivity contribution is 5.64. The lowest BCUT2D eigenvalue weighted by Gasteiger charge is -2.70. The van der Waals surface area contributed by atoms with Gasteiger partial charge in [0.15, 0.2) is 11.5 Å². The van der Waals surface area contributed by atoms with Gasteiger partial charge in [0.1, 0.15) is 11.7 Å². The van der Waals surface area contributed by atoms with Crippen LogP contribution in [0.1, 0.15) is 77.8 Å². The molecule has 2 spiro atoms. The lowest BCUT2D eigenvalue weighted by molar-refractivity contribution is -0.266. The van der Waals surface area contributed by atoms with Crippen molar-refractivity contribution in [2.24, 2.45) is 22.7 Å². The topological polar surface area (TPSA) is 62.2 Å². The van der Waals surface area contributed by atoms with Gasteiger partial charge in [-0.05, 0) is 75.5 Å². The molecular formula is C31H43NO4. The molecule has 3 fully saturated rings. The van der Waals surface area contributed by atoms with E-state index in [0.717, 1.165) is 38.1 Å². The van der Waals surface area contributed by atoms with Gasteiger partial charge in [-0.2, -0.15) is 0 Å². The molecule has 0 radical (unpaired) electrons. The Morgan fingerprint density at radius 1 is 1.19 bits per heavy atom. The zero-order chi connectivity index (χ0) is 25.5. The minimum absolute atomic E-state index is 0.108. The summed E-state index contributed by atoms with van der Waals surface area (Å²) in [6.45, 7) is 13.0. The number of likely N-dealkylation sites (tertiary alicyclic amines) is 1. The highest BCUT2D eigenvalue weighted by atomic mass is 16.6. The van der Waals surface area contributed by atoms with Crippen molar-refractivity contribution in [1.82, 2.24) is 4.90 Å². The molecule has 0 unspecified atom stereocenters. The van der Waals surface area contributed by atoms with E-state index in [4.69, 9.17) is 9.47 Å². The number of nitrogens with zero attached hydrogens (tertiary/aromatic N) is 1. The van der Waals surface area contributed by atoms with E-state index in [1.165, 1.54) is 36.1 Å². The first-order chi connectivity index (χ1) is 16.9. The molecule has 0 aromatic heterocycles. The van der Waals surface area contributed by atoms with E-state index in [1.807, 2.05) is 20.1 Å². The first-order valence-corrected chi connectivity index (χ1v) is 14.1. The van der Waals surface area contributed by atoms with Gasteiger partial charge in [0.05, 0.1) is 11.0 Å². The number of rotatable bonds is 4. The van der Waals surface area contributed by atoms with Crippen LogP contribution in [0.25, 0.3) is 0 Å². The van der Waals surface area contributed by atoms with Crippen LogP contribution in [-0.2, 0) is 16.6 Å². The zero-order valence-corrected chi connectivity index (χ0v) is 22.9. The number of hydrogen-bond donors (Lipinski definition) is 2. The molecule has 36 heavy (non-hydrogen) atoms. The molecule has 1 aromatic carbocycles. The molecule has 1 saturated heterocycles. The summed E-state index contributed by atoms with van der Waals surface area (Å²) >= 11 is 0. The number of phenolic OH excluding ortho intramolecular Hbond substituents is 1. The molecule has 8 rings (SSSR count). The van der Waals surface area contributed by atoms with E-state index < -0.39 is 11.2 Å². The smallest absolute Gasteiger partial charge is 0.165 e. The summed E-state index contributed by atoms with van der Waals surface area (Å²) in [6.07, 6.45) is 8.66. The van der Waals surface area contributed by atoms with E-state index in [9.17, 15) is 10.2 Å². The lowest BCUT2D eigenvalue weighted by atomic mass is 9.38. The summed E-state index contributed by atoms with van der Waals surface area (Å²) in [5.41, 5.74) is 1.54. The largest absolute Gasteiger partial charge is 0.504 e. The van der Waals surface area contributed by atoms with Gasteiger partial charge in [0.25, 0.3) is 0 Å². The summed E-state index contributed by atoms with van der Waals surface area (Å²) in [4.78, 5) is 2.80. The first-order valence-electron chi connectivity index (χ1n) is 14.1. The van der Waals surface area contributed by atoms with E-state index in [1.54, 1.807) is 0 Å². The Bertz CT molecular complexity index is 1160. The van der Waals surface area contributed by atoms with Gasteiger partial charge < -0.3 is 19.7 Å². The van der Waals surface area contributed by atoms with Crippen LogP contribution >= 0.6 is 0 Å². The zero-order valence-electron chi connectivity index (χ0n) is 22.9. The summed E-state index contributed by atoms with van der Waals surface area (Å²) in [5, 5.41) is 23.5. The fourth-order valence-corrected chi connectivity index (χ4v) is 9.65. The number of aromatic hydroxyl groups is 1. The number of methoxy groups -OCH3 is 1. The number of hydrogen-bond acceptors (Lipinski definition) is 5. The van der Waals surface area contributed by atoms with Crippen molar-refractivity contribution in [1.29, 1.82) is 0 Å². The number of ether oxygens (including phenoxy) is 2. The summed E-state index contributed by atoms with van der Waals surface area (Å²) in [6, 6.07) is 4.35. The molecule has 5 aliphatic carbocycles. The van der Waals surface area contributed by atoms with Crippen LogP contribution < -0.4 is 4.74 Å². The van der Waals surface area contributed by atoms with Gasteiger partial charge in [-0.3, -0.25) is 4.90 Å². The van der Waals surface area contributed by atoms with Gasteiger partial charge in [-0.15, -0.1) is 0 Å². The molecule has 0 amide bonds. The Morgan fingerprint density at radius 2 is 1.94 bits per heavy atom. The predicted molar refractivity (Wildman–Crippen MR) is 139 cm³/mol. The van der Waals surface area contributed by atoms with Crippen molar-refractivity contribution in [2.45, 2.75) is 102 Å². The Balaban J connectivity index is 1.53. The molecule has 2 N–H and O–H groups in total. The average molecular weight is 494 g/mol. The molecule has 7 atom stereocenters. The summed E-state index contributed by atoms with van der Waals surface area (Å²) < 4.78 is 13.7. The molecule has 7 aliphatic rings. The fraction of sp³-hybridized carbons (Fsp3) is 0.742. The normalized spacial score (nSPS) is 42.3. The Morgan fingerprint density at radius 3 is 2.61 bits per heavy atom. The number of aliphatic hydroxyl groups is 1. The molecule has 1 aromatic rings. The Labute approximate surface area is 215 Å². The second-order valence-electron chi connectivity index (χ2n) is 14.3. The number of fused-ring (bicyclic) bond motifs is 2. The molecule has 5 heteroatoms. The van der Waals surface area contributed by atoms with Crippen LogP contribution in [0.15, 0.2) is 23.8 Å². The third kappa shape index (κ3) is 2.54. The summed E-state index contributed by atoms with van der Waals surface area (Å²) in [5.74, 6) is 1.65. The lowest BCUT2D eigenvalue weighted by Crippen LogP contribution is -2.79. The van der Waals surface area contributed by atoms with Crippen LogP contribution in [0.5, 0.6) is 11.5 Å². The highest BCUT2D eigenvalue weighted by Gasteiger charge is 2.80. The molecule has 2 saturated carbocycles. The molecule has 2 heterocycles. The minimum Gasteiger partial charge on any atom is -0.504 e. The molecular weight excluding hydrogens is 450 g/mol. The molecule has 2 aliphatic heterocycles. The molecule has 4 bridgehead atoms. The van der Waals surface area contributed by atoms with Gasteiger partial charge in [-0.25, -0.2) is 0 Å². The third-order valence-electron chi connectivity index (χ3n) is 11.8. The van der Waals surface area contributed by atoms with E-state index in [2.05, 4.69) is 44.7 Å². The number of piperidine rings is 1. The van der Waals surface area contributed by atoms with Crippen molar-refractivity contribution in [2.75, 3.05) is 20.2 Å². The SMILES string of the molecule is CO[C@@]12CC(C)=C[C@@]3(C[C@@H]1[C@](C)(O)C(C)(C)C)[C@H]1Cc4ccc(O)c5c4[C@@]3(CCN1CC1CC1)[C@H]2O5. The van der Waals surface area contributed by atoms with Gasteiger partial charge >= 0.3 is 0 Å². The monoisotopic (exact) mass is 493 g/mol. The minimum atomic E-state index is -0.966. The van der Waals surface area contributed by atoms with Gasteiger partial charge in [0, 0.05) is 43.0 Å². The second kappa shape index (κ2) is 6.90. The van der Waals surface area contributed by atoms with Crippen molar-refractivity contribution in [3.8, 4) is 11.5 Å². The van der Waals surface area contributed by atoms with Crippen molar-refractivity contribution in [3.05, 3.63) is 34.9 Å². The summed E-state index contributed by atoms with van der Waals surface area (Å²) in [7, 11) is 1.82. The maximum Gasteiger partial charge on any atom is 0.165 e. The van der Waals surface area contributed by atoms with Crippen LogP contribution in [0.3, 0.4) is 0 Å². The quantitative estimate of drug-likeness (QED) is 0.580. The van der Waals surface area contributed by atoms with Crippen LogP contribution in [0.2, 0.25) is 0 Å². The van der Waals surface area contributed by atoms with Crippen LogP contribution in [0.4, 0.5) is 0 Å². The van der Waals surface area contributed by atoms with Gasteiger partial charge in [-0.1, -0.05) is 38.5 Å². The van der Waals surface area contributed by atoms with Crippen LogP contribution in [0, 0.1) is 22.7 Å². The molecule has 5 nitrogen and oxygen atoms in total. The second-order valence-corrected chi connectivity index (χ2v) is 14.3. The van der Waals surface area contributed by atoms with E-state index in [-0.39, 0.29) is 34.0 Å². The Kier molecular flexibility index (Phi) is 4.51. The first kappa shape index (κ1) is 23.5. The van der Waals surface area contributed by atoms with Gasteiger partial charge in [0.2, 0.25) is 0 Å². The average Bonchev–Trinajstić information content (AvgIpc) is 3.57. The van der Waals surface area contributed by atoms with Crippen molar-refractivity contribution >= 4 is 0 Å². The number of benzene rings is 1. The van der Waals surface area contributed by atoms with Crippen LogP contribution in [-0.4, -0.2) is 58.7 Å². The molecule has 196 valence electrons. The maximum atomic E-state index is 12.4. The standard InChI is InChI=1S/C31H43NO4/c1-18-14-29-16-22(28(5,34)27(2,3)4)31(15-18,35-6)26-30(29)11-12-32(17-19-7-8-19)23(29)13-20-9-10-21(33)25(36-26)24(20)30/h9-10,14,19,22-23,26,33-34H,7-8,11-13,15-17H2,1-6H3/t22-,23-,26-,28+,29-,30+,31+/m1/s1. The van der Waals surface area contributed by atoms with E-state index >= 15 is 0 Å². The number of phenols is 1. The van der Waals surface area contributed by atoms with Crippen molar-refractivity contribution in [3.63, 3.8) is 0 Å². The van der Waals surface area contributed by atoms with E-state index in [0.29, 0.717) is 11.8 Å². The Hall–Kier alpha value is -1.56. The van der Waals surface area contributed by atoms with Crippen molar-refractivity contribution < 1.29 is 19.7 Å². The fourth-order valence-electron chi connectivity index (χ4n) is 9.65. The predicted octanol–water partition coefficient (Wildman–Crippen LogP) is 4.97. The maximum absolute atomic E-state index is 12.4. The third-order valence-corrected chi connectivity index (χ3v) is 11.8. The highest BCUT2D eigenvalue weighted by Crippen LogP contribution is 2.75.